The van der Waals surface area contributed by atoms with Crippen molar-refractivity contribution in [2.45, 2.75) is 59.2 Å². The van der Waals surface area contributed by atoms with E-state index >= 15 is 0 Å². The number of para-hydroxylation sites is 2. The molecule has 13 heteroatoms. The first-order valence-electron chi connectivity index (χ1n) is 10.9. The van der Waals surface area contributed by atoms with Crippen LogP contribution >= 0.6 is 56.9 Å². The number of rotatable bonds is 11. The average Bonchev–Trinajstić information content (AvgIpc) is 3.54. The first kappa shape index (κ1) is 29.8. The fourth-order valence-corrected chi connectivity index (χ4v) is 5.44. The molecular weight excluding hydrogens is 923 g/mol. The molecule has 186 valence electrons. The number of fused-ring (bicyclic) bond motifs is 1. The monoisotopic (exact) mass is 948 g/mol. The molecule has 1 aliphatic rings. The van der Waals surface area contributed by atoms with Crippen molar-refractivity contribution in [3.63, 3.8) is 0 Å². The zero-order valence-corrected chi connectivity index (χ0v) is 28.2. The number of halogens is 3. The molecule has 0 fully saturated rings. The summed E-state index contributed by atoms with van der Waals surface area (Å²) in [6.45, 7) is 2.70. The molecule has 3 atom stereocenters. The van der Waals surface area contributed by atoms with Crippen LogP contribution in [0.4, 0.5) is 4.39 Å². The normalized spacial score (nSPS) is 17.9. The molecule has 0 unspecified atom stereocenters. The maximum Gasteiger partial charge on any atom is 2.00 e. The quantitative estimate of drug-likeness (QED) is 0.168. The maximum absolute atomic E-state index is 14.8. The van der Waals surface area contributed by atoms with Crippen LogP contribution in [0.25, 0.3) is 11.0 Å². The van der Waals surface area contributed by atoms with Crippen molar-refractivity contribution >= 4 is 73.0 Å². The van der Waals surface area contributed by atoms with Gasteiger partial charge in [0.25, 0.3) is 1.68 Å². The number of nitrogens with zero attached hydrogens (tertiary/aromatic N) is 6. The van der Waals surface area contributed by atoms with E-state index in [1.807, 2.05) is 30.0 Å². The Morgan fingerprint density at radius 2 is 2.09 bits per heavy atom. The number of aliphatic hydroxyl groups is 2. The van der Waals surface area contributed by atoms with E-state index in [-0.39, 0.29) is 37.7 Å². The van der Waals surface area contributed by atoms with Gasteiger partial charge in [-0.05, 0) is 82.3 Å². The molecule has 2 aromatic heterocycles. The molecule has 8 nitrogen and oxygen atoms in total. The molecule has 3 heterocycles. The molecule has 0 aliphatic carbocycles. The smallest absolute Gasteiger partial charge is 0.422 e. The van der Waals surface area contributed by atoms with Crippen molar-refractivity contribution < 1.29 is 45.7 Å². The molecule has 3 aromatic rings. The minimum Gasteiger partial charge on any atom is -0.422 e. The number of aromatic nitrogens is 5. The molecule has 4 rings (SSSR count). The number of hydrogen-bond donors (Lipinski definition) is 2. The summed E-state index contributed by atoms with van der Waals surface area (Å²) in [6.07, 6.45) is 4.30. The van der Waals surface area contributed by atoms with E-state index in [2.05, 4.69) is 27.2 Å². The summed E-state index contributed by atoms with van der Waals surface area (Å²) >= 11 is 4.99. The maximum atomic E-state index is 14.8. The molecule has 0 saturated heterocycles. The van der Waals surface area contributed by atoms with Gasteiger partial charge in [0.15, 0.2) is 5.82 Å². The van der Waals surface area contributed by atoms with E-state index in [4.69, 9.17) is 0 Å². The van der Waals surface area contributed by atoms with E-state index in [0.29, 0.717) is 23.6 Å². The van der Waals surface area contributed by atoms with Crippen molar-refractivity contribution in [1.82, 2.24) is 24.5 Å². The van der Waals surface area contributed by atoms with Crippen LogP contribution < -0.4 is 0 Å². The molecule has 1 aliphatic heterocycles. The summed E-state index contributed by atoms with van der Waals surface area (Å²) in [6, 6.07) is 7.08. The van der Waals surface area contributed by atoms with Crippen LogP contribution in [0.15, 0.2) is 35.5 Å². The van der Waals surface area contributed by atoms with Crippen molar-refractivity contribution in [3.05, 3.63) is 54.2 Å². The summed E-state index contributed by atoms with van der Waals surface area (Å²) in [5.74, 6) is 2.18. The molecule has 0 saturated carbocycles. The zero-order valence-electron chi connectivity index (χ0n) is 18.9. The number of aliphatic hydroxyl groups excluding tert-OH is 2. The van der Waals surface area contributed by atoms with Crippen LogP contribution in [0.2, 0.25) is 0 Å². The molecule has 2 N–H and O–H groups in total. The predicted molar refractivity (Wildman–Crippen MR) is 149 cm³/mol. The Morgan fingerprint density at radius 3 is 2.83 bits per heavy atom. The number of benzene rings is 1. The van der Waals surface area contributed by atoms with Crippen LogP contribution in [-0.2, 0) is 14.8 Å². The van der Waals surface area contributed by atoms with Gasteiger partial charge in [0.2, 0.25) is 0 Å². The van der Waals surface area contributed by atoms with Gasteiger partial charge >= 0.3 is 31.1 Å². The van der Waals surface area contributed by atoms with Gasteiger partial charge in [0.1, 0.15) is 5.69 Å². The molecule has 1 aromatic carbocycles. The predicted octanol–water partition coefficient (Wildman–Crippen LogP) is 4.42. The van der Waals surface area contributed by atoms with E-state index < -0.39 is 19.9 Å². The van der Waals surface area contributed by atoms with Gasteiger partial charge in [0.05, 0.1) is 17.6 Å². The van der Waals surface area contributed by atoms with E-state index in [1.165, 1.54) is 11.8 Å². The van der Waals surface area contributed by atoms with Gasteiger partial charge in [0, 0.05) is 17.3 Å². The van der Waals surface area contributed by atoms with E-state index in [1.54, 1.807) is 67.0 Å². The molecule has 0 bridgehead atoms. The SMILES string of the molecule is CCCCC1=N[C@H]([C@@H](O)[C@H](O)[CH-]Cn2cc(Cn3c(C(F)(I)I)nc4ccccc43)nn2)[CH-]S1.[U+2]. The number of thioether (sulfide) groups is 1. The van der Waals surface area contributed by atoms with Crippen molar-refractivity contribution in [3.8, 4) is 0 Å². The Morgan fingerprint density at radius 1 is 1.31 bits per heavy atom. The number of alkyl halides is 3. The Labute approximate surface area is 259 Å². The van der Waals surface area contributed by atoms with Gasteiger partial charge in [-0.15, -0.1) is 5.10 Å². The third kappa shape index (κ3) is 7.63. The second-order valence-corrected chi connectivity index (χ2v) is 14.0. The summed E-state index contributed by atoms with van der Waals surface area (Å²) < 4.78 is 16.5. The van der Waals surface area contributed by atoms with E-state index in [9.17, 15) is 14.6 Å². The molecule has 35 heavy (non-hydrogen) atoms. The minimum atomic E-state index is -1.67. The van der Waals surface area contributed by atoms with Crippen LogP contribution in [-0.4, -0.2) is 58.1 Å². The fourth-order valence-electron chi connectivity index (χ4n) is 3.66. The third-order valence-electron chi connectivity index (χ3n) is 5.43. The van der Waals surface area contributed by atoms with Gasteiger partial charge in [-0.2, -0.15) is 0 Å². The number of imidazole rings is 1. The summed E-state index contributed by atoms with van der Waals surface area (Å²) in [5.41, 5.74) is 2.17. The van der Waals surface area contributed by atoms with Gasteiger partial charge < -0.3 is 19.8 Å². The van der Waals surface area contributed by atoms with E-state index in [0.717, 1.165) is 29.8 Å². The molecule has 0 radical (unpaired) electrons. The average molecular weight is 948 g/mol. The van der Waals surface area contributed by atoms with Gasteiger partial charge in [-0.25, -0.2) is 15.1 Å². The standard InChI is InChI=1S/C22H25FI2N6O2S.U/c1-2-3-8-19-26-16(13-34-19)20(33)18(32)9-10-30-11-14(28-29-30)12-31-17-7-5-4-6-15(17)27-21(31)22(23,24)25;/h4-7,9,11,13,16,18,20,32-33H,2-3,8,10,12H2,1H3;/q-2;+2/t16-,18+,20+;/m0./s1. The second kappa shape index (κ2) is 13.3. The minimum absolute atomic E-state index is 0. The largest absolute Gasteiger partial charge is 2.00 e. The van der Waals surface area contributed by atoms with Crippen molar-refractivity contribution in [2.24, 2.45) is 4.99 Å². The Balaban J connectivity index is 0.00000342. The van der Waals surface area contributed by atoms with Crippen LogP contribution in [0.1, 0.15) is 37.7 Å². The molecular formula is C22H25FI2N6O2SU. The summed E-state index contributed by atoms with van der Waals surface area (Å²) in [5, 5.41) is 30.3. The van der Waals surface area contributed by atoms with Gasteiger partial charge in [-0.3, -0.25) is 22.9 Å². The second-order valence-electron chi connectivity index (χ2n) is 8.03. The summed E-state index contributed by atoms with van der Waals surface area (Å²) in [4.78, 5) is 8.98. The topological polar surface area (TPSA) is 101 Å². The third-order valence-corrected chi connectivity index (χ3v) is 7.39. The fraction of sp³-hybridized carbons (Fsp3) is 0.455. The first-order valence-corrected chi connectivity index (χ1v) is 14.0. The number of unbranched alkanes of at least 4 members (excludes halogenated alkanes) is 1. The Bertz CT molecular complexity index is 1150. The van der Waals surface area contributed by atoms with Gasteiger partial charge in [-0.1, -0.05) is 37.2 Å². The number of hydrogen-bond acceptors (Lipinski definition) is 7. The Hall–Kier alpha value is 0.212. The zero-order chi connectivity index (χ0) is 24.3. The van der Waals surface area contributed by atoms with Crippen LogP contribution in [0.5, 0.6) is 0 Å². The first-order chi connectivity index (χ1) is 16.3. The molecule has 0 spiro atoms. The summed E-state index contributed by atoms with van der Waals surface area (Å²) in [7, 11) is 0. The molecule has 0 amide bonds. The van der Waals surface area contributed by atoms with Crippen molar-refractivity contribution in [2.75, 3.05) is 0 Å². The van der Waals surface area contributed by atoms with Crippen LogP contribution in [0.3, 0.4) is 0 Å². The van der Waals surface area contributed by atoms with Crippen LogP contribution in [0, 0.1) is 43.3 Å². The Kier molecular flexibility index (Phi) is 11.3. The number of aliphatic imine (C=N–C) groups is 1. The van der Waals surface area contributed by atoms with Crippen molar-refractivity contribution in [1.29, 1.82) is 0 Å².